The van der Waals surface area contributed by atoms with Gasteiger partial charge in [-0.2, -0.15) is 13.2 Å². The minimum Gasteiger partial charge on any atom is -0.387 e. The minimum atomic E-state index is -4.53. The zero-order chi connectivity index (χ0) is 29.9. The lowest BCUT2D eigenvalue weighted by Crippen LogP contribution is -2.52. The molecular formula is C27H32ClF3N8O3. The molecule has 4 aromatic rings. The number of aromatic amines is 1. The zero-order valence-electron chi connectivity index (χ0n) is 23.0. The van der Waals surface area contributed by atoms with Crippen LogP contribution >= 0.6 is 11.6 Å². The summed E-state index contributed by atoms with van der Waals surface area (Å²) in [6.45, 7) is 4.60. The van der Waals surface area contributed by atoms with Crippen molar-refractivity contribution in [3.63, 3.8) is 0 Å². The van der Waals surface area contributed by atoms with Crippen molar-refractivity contribution in [2.45, 2.75) is 82.3 Å². The minimum absolute atomic E-state index is 0.174. The van der Waals surface area contributed by atoms with Crippen LogP contribution in [0.25, 0.3) is 22.2 Å². The number of nitrogens with one attached hydrogen (secondary N) is 1. The monoisotopic (exact) mass is 608 g/mol. The Bertz CT molecular complexity index is 1590. The fraction of sp³-hybridized carbons (Fsp3) is 0.556. The van der Waals surface area contributed by atoms with Crippen LogP contribution in [0.2, 0.25) is 5.02 Å². The van der Waals surface area contributed by atoms with E-state index < -0.39 is 36.3 Å². The average molecular weight is 609 g/mol. The Morgan fingerprint density at radius 1 is 1.19 bits per heavy atom. The predicted octanol–water partition coefficient (Wildman–Crippen LogP) is 3.70. The number of nitrogen functional groups attached to an aromatic ring is 1. The first-order valence-corrected chi connectivity index (χ1v) is 14.2. The number of alkyl halides is 3. The van der Waals surface area contributed by atoms with Gasteiger partial charge in [-0.05, 0) is 51.2 Å². The summed E-state index contributed by atoms with van der Waals surface area (Å²) in [4.78, 5) is 22.1. The molecule has 1 aromatic carbocycles. The van der Waals surface area contributed by atoms with Crippen molar-refractivity contribution in [2.75, 3.05) is 12.3 Å². The molecule has 11 nitrogen and oxygen atoms in total. The van der Waals surface area contributed by atoms with E-state index in [1.807, 2.05) is 0 Å². The van der Waals surface area contributed by atoms with Gasteiger partial charge in [0.2, 0.25) is 0 Å². The van der Waals surface area contributed by atoms with Crippen molar-refractivity contribution in [1.82, 2.24) is 34.4 Å². The molecule has 5 N–H and O–H groups in total. The molecule has 1 unspecified atom stereocenters. The number of aryl methyl sites for hydroxylation is 1. The predicted molar refractivity (Wildman–Crippen MR) is 148 cm³/mol. The first-order chi connectivity index (χ1) is 19.9. The van der Waals surface area contributed by atoms with Crippen LogP contribution in [-0.4, -0.2) is 81.5 Å². The van der Waals surface area contributed by atoms with Crippen LogP contribution in [-0.2, 0) is 17.3 Å². The van der Waals surface area contributed by atoms with Gasteiger partial charge in [-0.15, -0.1) is 0 Å². The smallest absolute Gasteiger partial charge is 0.387 e. The largest absolute Gasteiger partial charge is 0.417 e. The van der Waals surface area contributed by atoms with Crippen molar-refractivity contribution >= 4 is 39.6 Å². The molecule has 6 rings (SSSR count). The number of anilines is 1. The van der Waals surface area contributed by atoms with Gasteiger partial charge in [-0.3, -0.25) is 9.47 Å². The number of nitrogens with zero attached hydrogens (tertiary/aromatic N) is 6. The van der Waals surface area contributed by atoms with Gasteiger partial charge < -0.3 is 25.7 Å². The molecule has 1 aliphatic carbocycles. The third-order valence-electron chi connectivity index (χ3n) is 8.45. The Hall–Kier alpha value is -3.04. The van der Waals surface area contributed by atoms with Crippen LogP contribution < -0.4 is 5.73 Å². The molecule has 4 heterocycles. The highest BCUT2D eigenvalue weighted by atomic mass is 35.5. The number of nitrogens with two attached hydrogens (primary N) is 1. The highest BCUT2D eigenvalue weighted by Gasteiger charge is 2.46. The number of hydrogen-bond donors (Lipinski definition) is 4. The third-order valence-corrected chi connectivity index (χ3v) is 8.76. The number of aromatic nitrogens is 6. The maximum absolute atomic E-state index is 13.2. The molecule has 0 bridgehead atoms. The number of H-pyrrole nitrogens is 1. The number of halogens is 4. The van der Waals surface area contributed by atoms with Crippen molar-refractivity contribution in [3.05, 3.63) is 41.2 Å². The maximum Gasteiger partial charge on any atom is 0.417 e. The van der Waals surface area contributed by atoms with Gasteiger partial charge in [0, 0.05) is 25.0 Å². The van der Waals surface area contributed by atoms with E-state index in [1.165, 1.54) is 18.7 Å². The van der Waals surface area contributed by atoms with Crippen LogP contribution in [0.4, 0.5) is 19.0 Å². The molecule has 2 aliphatic rings. The fourth-order valence-corrected chi connectivity index (χ4v) is 6.39. The first kappa shape index (κ1) is 29.1. The number of ether oxygens (including phenoxy) is 1. The second-order valence-electron chi connectivity index (χ2n) is 11.5. The molecule has 0 spiro atoms. The lowest BCUT2D eigenvalue weighted by atomic mass is 9.76. The number of imidazole rings is 2. The lowest BCUT2D eigenvalue weighted by molar-refractivity contribution is -0.137. The van der Waals surface area contributed by atoms with Crippen molar-refractivity contribution in [3.8, 4) is 0 Å². The Labute approximate surface area is 243 Å². The molecule has 1 saturated carbocycles. The Morgan fingerprint density at radius 2 is 1.95 bits per heavy atom. The number of hydrogen-bond acceptors (Lipinski definition) is 9. The summed E-state index contributed by atoms with van der Waals surface area (Å²) in [5.74, 6) is 1.27. The normalized spacial score (nSPS) is 26.6. The number of fused-ring (bicyclic) bond motifs is 2. The van der Waals surface area contributed by atoms with Crippen molar-refractivity contribution < 1.29 is 28.1 Å². The van der Waals surface area contributed by atoms with Crippen molar-refractivity contribution in [1.29, 1.82) is 0 Å². The molecule has 42 heavy (non-hydrogen) atoms. The summed E-state index contributed by atoms with van der Waals surface area (Å²) in [6.07, 6.45) is -2.24. The van der Waals surface area contributed by atoms with Crippen LogP contribution in [0.5, 0.6) is 0 Å². The highest BCUT2D eigenvalue weighted by Crippen LogP contribution is 2.39. The summed E-state index contributed by atoms with van der Waals surface area (Å²) in [6, 6.07) is 2.70. The van der Waals surface area contributed by atoms with Crippen molar-refractivity contribution in [2.24, 2.45) is 5.92 Å². The highest BCUT2D eigenvalue weighted by molar-refractivity contribution is 6.32. The summed E-state index contributed by atoms with van der Waals surface area (Å²) in [5.41, 5.74) is 6.54. The lowest BCUT2D eigenvalue weighted by Gasteiger charge is -2.46. The summed E-state index contributed by atoms with van der Waals surface area (Å²) in [7, 11) is 0. The number of benzene rings is 1. The third kappa shape index (κ3) is 5.30. The fourth-order valence-electron chi connectivity index (χ4n) is 6.12. The molecule has 4 atom stereocenters. The van der Waals surface area contributed by atoms with Crippen LogP contribution in [0.1, 0.15) is 50.7 Å². The van der Waals surface area contributed by atoms with E-state index >= 15 is 0 Å². The molecular weight excluding hydrogens is 577 g/mol. The van der Waals surface area contributed by atoms with Gasteiger partial charge in [-0.25, -0.2) is 19.9 Å². The average Bonchev–Trinajstić information content (AvgIpc) is 3.58. The number of aliphatic hydroxyl groups excluding tert-OH is 2. The molecule has 3 aromatic heterocycles. The second kappa shape index (κ2) is 10.9. The zero-order valence-corrected chi connectivity index (χ0v) is 23.7. The van der Waals surface area contributed by atoms with Crippen LogP contribution in [0, 0.1) is 5.92 Å². The molecule has 0 radical (unpaired) electrons. The van der Waals surface area contributed by atoms with Crippen LogP contribution in [0.15, 0.2) is 24.8 Å². The van der Waals surface area contributed by atoms with E-state index in [0.717, 1.165) is 25.3 Å². The van der Waals surface area contributed by atoms with Gasteiger partial charge in [-0.1, -0.05) is 11.6 Å². The quantitative estimate of drug-likeness (QED) is 0.235. The standard InChI is InChI=1S/C27H32ClF3N8O3/c1-12(2)38(9-19-22(40)23(41)26(42-19)39-11-35-21-24(32)33-10-34-25(21)39)14-5-13(6-14)3-4-20-36-17-7-15(27(29,30)31)16(28)8-18(17)37-20/h7-8,10-14,19,22-23,26,40-41H,3-6,9H2,1-2H3,(H,36,37)(H2,32,33,34)/t13-,14-,19-,22-,23-,26?/m1/s1. The van der Waals surface area contributed by atoms with Crippen LogP contribution in [0.3, 0.4) is 0 Å². The van der Waals surface area contributed by atoms with Gasteiger partial charge >= 0.3 is 6.18 Å². The first-order valence-electron chi connectivity index (χ1n) is 13.9. The van der Waals surface area contributed by atoms with Gasteiger partial charge in [0.05, 0.1) is 27.9 Å². The summed E-state index contributed by atoms with van der Waals surface area (Å²) in [5, 5.41) is 21.4. The SMILES string of the molecule is CC(C)N(C[C@H]1OC(n2cnc3c(N)ncnc32)[C@H](O)[C@@H]1O)[C@H]1C[C@H](CCc2nc3cc(Cl)c(C(F)(F)F)cc3[nH]2)C1. The van der Waals surface area contributed by atoms with Gasteiger partial charge in [0.25, 0.3) is 0 Å². The number of aliphatic hydroxyl groups is 2. The molecule has 15 heteroatoms. The molecule has 1 saturated heterocycles. The van der Waals surface area contributed by atoms with Gasteiger partial charge in [0.1, 0.15) is 36.0 Å². The Kier molecular flexibility index (Phi) is 7.54. The molecule has 1 aliphatic heterocycles. The summed E-state index contributed by atoms with van der Waals surface area (Å²) < 4.78 is 47.3. The molecule has 2 fully saturated rings. The maximum atomic E-state index is 13.2. The van der Waals surface area contributed by atoms with E-state index in [9.17, 15) is 23.4 Å². The van der Waals surface area contributed by atoms with E-state index in [-0.39, 0.29) is 22.9 Å². The van der Waals surface area contributed by atoms with E-state index in [4.69, 9.17) is 22.1 Å². The van der Waals surface area contributed by atoms with E-state index in [1.54, 1.807) is 4.57 Å². The Morgan fingerprint density at radius 3 is 2.67 bits per heavy atom. The Balaban J connectivity index is 1.06. The number of rotatable bonds is 8. The second-order valence-corrected chi connectivity index (χ2v) is 11.9. The summed E-state index contributed by atoms with van der Waals surface area (Å²) >= 11 is 5.84. The van der Waals surface area contributed by atoms with E-state index in [0.29, 0.717) is 46.9 Å². The topological polar surface area (TPSA) is 151 Å². The molecule has 0 amide bonds. The molecule has 226 valence electrons. The van der Waals surface area contributed by atoms with E-state index in [2.05, 4.69) is 43.7 Å². The van der Waals surface area contributed by atoms with Gasteiger partial charge in [0.15, 0.2) is 17.7 Å².